The molecule has 0 saturated heterocycles. The second-order valence-corrected chi connectivity index (χ2v) is 7.42. The van der Waals surface area contributed by atoms with Gasteiger partial charge in [-0.3, -0.25) is 4.79 Å². The molecule has 3 aromatic rings. The van der Waals surface area contributed by atoms with Crippen LogP contribution >= 0.6 is 0 Å². The van der Waals surface area contributed by atoms with Crippen LogP contribution in [0.4, 0.5) is 18.9 Å². The van der Waals surface area contributed by atoms with Crippen molar-refractivity contribution in [3.8, 4) is 5.75 Å². The fraction of sp³-hybridized carbons (Fsp3) is 0.217. The van der Waals surface area contributed by atoms with Crippen molar-refractivity contribution in [2.75, 3.05) is 11.9 Å². The maximum absolute atomic E-state index is 12.4. The summed E-state index contributed by atoms with van der Waals surface area (Å²) in [6.45, 7) is 0.914. The third-order valence-corrected chi connectivity index (χ3v) is 4.92. The number of carboxylic acids is 2. The van der Waals surface area contributed by atoms with Crippen LogP contribution < -0.4 is 15.6 Å². The quantitative estimate of drug-likeness (QED) is 0.494. The molecular weight excluding hydrogens is 471 g/mol. The van der Waals surface area contributed by atoms with Crippen LogP contribution in [0, 0.1) is 0 Å². The highest BCUT2D eigenvalue weighted by atomic mass is 19.4. The van der Waals surface area contributed by atoms with E-state index in [0.29, 0.717) is 31.0 Å². The lowest BCUT2D eigenvalue weighted by Crippen LogP contribution is -2.25. The third-order valence-electron chi connectivity index (χ3n) is 4.92. The van der Waals surface area contributed by atoms with E-state index in [-0.39, 0.29) is 17.2 Å². The molecule has 4 rings (SSSR count). The molecule has 1 aromatic heterocycles. The normalized spacial score (nSPS) is 14.5. The van der Waals surface area contributed by atoms with Crippen LogP contribution in [0.2, 0.25) is 0 Å². The van der Waals surface area contributed by atoms with Gasteiger partial charge in [0.15, 0.2) is 0 Å². The maximum Gasteiger partial charge on any atom is 0.490 e. The van der Waals surface area contributed by atoms with Crippen LogP contribution in [0.3, 0.4) is 0 Å². The van der Waals surface area contributed by atoms with E-state index in [1.807, 2.05) is 30.3 Å². The van der Waals surface area contributed by atoms with Gasteiger partial charge in [-0.15, -0.1) is 0 Å². The van der Waals surface area contributed by atoms with Crippen molar-refractivity contribution in [1.29, 1.82) is 0 Å². The number of nitrogens with zero attached hydrogens (tertiary/aromatic N) is 2. The summed E-state index contributed by atoms with van der Waals surface area (Å²) in [5, 5.41) is 23.9. The first-order valence-corrected chi connectivity index (χ1v) is 10.2. The van der Waals surface area contributed by atoms with Gasteiger partial charge in [0.25, 0.3) is 5.56 Å². The maximum atomic E-state index is 12.4. The van der Waals surface area contributed by atoms with Crippen molar-refractivity contribution in [3.63, 3.8) is 0 Å². The van der Waals surface area contributed by atoms with Gasteiger partial charge >= 0.3 is 18.1 Å². The molecule has 9 nitrogen and oxygen atoms in total. The van der Waals surface area contributed by atoms with Gasteiger partial charge < -0.3 is 20.3 Å². The number of aromatic nitrogens is 2. The number of hydrogen-bond acceptors (Lipinski definition) is 6. The SMILES string of the molecule is O=C(O)C(F)(F)F.O=C(O)c1ccc2c(c1)C(Nc1cnn(Cc3ccccc3)c(=O)c1)CCO2. The van der Waals surface area contributed by atoms with Crippen LogP contribution in [0.5, 0.6) is 5.75 Å². The number of aromatic carboxylic acids is 1. The highest BCUT2D eigenvalue weighted by Gasteiger charge is 2.38. The fourth-order valence-electron chi connectivity index (χ4n) is 3.27. The Kier molecular flexibility index (Phi) is 7.74. The number of carboxylic acid groups (broad SMARTS) is 2. The predicted molar refractivity (Wildman–Crippen MR) is 118 cm³/mol. The van der Waals surface area contributed by atoms with Crippen molar-refractivity contribution >= 4 is 17.6 Å². The Bertz CT molecular complexity index is 1260. The van der Waals surface area contributed by atoms with E-state index < -0.39 is 18.1 Å². The van der Waals surface area contributed by atoms with Crippen molar-refractivity contribution < 1.29 is 37.7 Å². The van der Waals surface area contributed by atoms with Crippen molar-refractivity contribution in [2.45, 2.75) is 25.2 Å². The molecule has 1 aliphatic heterocycles. The summed E-state index contributed by atoms with van der Waals surface area (Å²) >= 11 is 0. The minimum Gasteiger partial charge on any atom is -0.493 e. The van der Waals surface area contributed by atoms with E-state index in [1.54, 1.807) is 18.3 Å². The van der Waals surface area contributed by atoms with Crippen molar-refractivity contribution in [2.24, 2.45) is 0 Å². The first-order valence-electron chi connectivity index (χ1n) is 10.2. The van der Waals surface area contributed by atoms with Gasteiger partial charge in [0.05, 0.1) is 36.6 Å². The lowest BCUT2D eigenvalue weighted by atomic mass is 9.98. The number of hydrogen-bond donors (Lipinski definition) is 3. The molecule has 1 atom stereocenters. The van der Waals surface area contributed by atoms with E-state index in [1.165, 1.54) is 16.8 Å². The third kappa shape index (κ3) is 6.82. The number of fused-ring (bicyclic) bond motifs is 1. The number of carbonyl (C=O) groups is 2. The summed E-state index contributed by atoms with van der Waals surface area (Å²) in [5.74, 6) is -3.09. The van der Waals surface area contributed by atoms with Crippen LogP contribution in [0.1, 0.15) is 33.9 Å². The molecule has 0 spiro atoms. The average Bonchev–Trinajstić information content (AvgIpc) is 2.81. The smallest absolute Gasteiger partial charge is 0.490 e. The second-order valence-electron chi connectivity index (χ2n) is 7.42. The Morgan fingerprint density at radius 1 is 1.11 bits per heavy atom. The molecule has 0 fully saturated rings. The van der Waals surface area contributed by atoms with Crippen LogP contribution in [0.15, 0.2) is 65.6 Å². The van der Waals surface area contributed by atoms with Crippen LogP contribution in [-0.2, 0) is 11.3 Å². The molecule has 0 aliphatic carbocycles. The van der Waals surface area contributed by atoms with E-state index in [2.05, 4.69) is 10.4 Å². The topological polar surface area (TPSA) is 131 Å². The van der Waals surface area contributed by atoms with Gasteiger partial charge in [0.2, 0.25) is 0 Å². The molecule has 1 unspecified atom stereocenters. The molecule has 3 N–H and O–H groups in total. The van der Waals surface area contributed by atoms with Gasteiger partial charge in [-0.05, 0) is 23.8 Å². The zero-order valence-electron chi connectivity index (χ0n) is 18.0. The standard InChI is InChI=1S/C21H19N3O4.C2HF3O2/c25-20-11-16(12-22-24(20)13-14-4-2-1-3-5-14)23-18-8-9-28-19-7-6-15(21(26)27)10-17(18)19;3-2(4,5)1(6)7/h1-7,10-12,18,23H,8-9,13H2,(H,26,27);(H,6,7). The summed E-state index contributed by atoms with van der Waals surface area (Å²) in [6, 6.07) is 15.8. The average molecular weight is 491 g/mol. The Morgan fingerprint density at radius 2 is 1.80 bits per heavy atom. The number of anilines is 1. The summed E-state index contributed by atoms with van der Waals surface area (Å²) in [6.07, 6.45) is -2.82. The Hall–Kier alpha value is -4.35. The molecule has 0 bridgehead atoms. The van der Waals surface area contributed by atoms with E-state index in [9.17, 15) is 27.9 Å². The minimum absolute atomic E-state index is 0.158. The largest absolute Gasteiger partial charge is 0.493 e. The summed E-state index contributed by atoms with van der Waals surface area (Å²) in [7, 11) is 0. The van der Waals surface area contributed by atoms with Crippen molar-refractivity contribution in [1.82, 2.24) is 9.78 Å². The van der Waals surface area contributed by atoms with Gasteiger partial charge in [-0.2, -0.15) is 18.3 Å². The molecule has 0 saturated carbocycles. The molecule has 35 heavy (non-hydrogen) atoms. The number of halogens is 3. The number of benzene rings is 2. The molecule has 2 heterocycles. The summed E-state index contributed by atoms with van der Waals surface area (Å²) in [5.41, 5.74) is 2.35. The lowest BCUT2D eigenvalue weighted by Gasteiger charge is -2.27. The Labute approximate surface area is 196 Å². The molecule has 2 aromatic carbocycles. The number of rotatable bonds is 5. The Morgan fingerprint density at radius 3 is 2.40 bits per heavy atom. The zero-order chi connectivity index (χ0) is 25.6. The van der Waals surface area contributed by atoms with E-state index >= 15 is 0 Å². The molecule has 184 valence electrons. The number of ether oxygens (including phenoxy) is 1. The first-order chi connectivity index (χ1) is 16.5. The highest BCUT2D eigenvalue weighted by molar-refractivity contribution is 5.88. The summed E-state index contributed by atoms with van der Waals surface area (Å²) < 4.78 is 38.8. The van der Waals surface area contributed by atoms with E-state index in [0.717, 1.165) is 11.1 Å². The van der Waals surface area contributed by atoms with Gasteiger partial charge in [0, 0.05) is 18.1 Å². The van der Waals surface area contributed by atoms with Crippen LogP contribution in [-0.4, -0.2) is 44.7 Å². The highest BCUT2D eigenvalue weighted by Crippen LogP contribution is 2.34. The van der Waals surface area contributed by atoms with Gasteiger partial charge in [-0.1, -0.05) is 30.3 Å². The number of nitrogens with one attached hydrogen (secondary N) is 1. The van der Waals surface area contributed by atoms with Crippen LogP contribution in [0.25, 0.3) is 0 Å². The zero-order valence-corrected chi connectivity index (χ0v) is 18.0. The monoisotopic (exact) mass is 491 g/mol. The number of alkyl halides is 3. The van der Waals surface area contributed by atoms with E-state index in [4.69, 9.17) is 14.6 Å². The predicted octanol–water partition coefficient (Wildman–Crippen LogP) is 3.56. The van der Waals surface area contributed by atoms with Gasteiger partial charge in [0.1, 0.15) is 5.75 Å². The Balaban J connectivity index is 0.000000429. The minimum atomic E-state index is -5.08. The molecule has 0 amide bonds. The lowest BCUT2D eigenvalue weighted by molar-refractivity contribution is -0.192. The molecule has 1 aliphatic rings. The first kappa shape index (κ1) is 25.3. The molecular formula is C23H20F3N3O6. The van der Waals surface area contributed by atoms with Gasteiger partial charge in [-0.25, -0.2) is 14.3 Å². The molecule has 0 radical (unpaired) electrons. The molecule has 12 heteroatoms. The summed E-state index contributed by atoms with van der Waals surface area (Å²) in [4.78, 5) is 32.6. The van der Waals surface area contributed by atoms with Crippen molar-refractivity contribution in [3.05, 3.63) is 87.8 Å². The number of aliphatic carboxylic acids is 1. The fourth-order valence-corrected chi connectivity index (χ4v) is 3.27. The second kappa shape index (κ2) is 10.7.